The minimum absolute atomic E-state index is 0.272. The zero-order valence-electron chi connectivity index (χ0n) is 19.1. The molecule has 0 spiro atoms. The Morgan fingerprint density at radius 1 is 1.09 bits per heavy atom. The molecule has 0 saturated carbocycles. The predicted molar refractivity (Wildman–Crippen MR) is 133 cm³/mol. The number of rotatable bonds is 6. The van der Waals surface area contributed by atoms with E-state index >= 15 is 0 Å². The largest absolute Gasteiger partial charge is 0.476 e. The van der Waals surface area contributed by atoms with Gasteiger partial charge in [-0.05, 0) is 88.8 Å². The molecule has 2 unspecified atom stereocenters. The first-order chi connectivity index (χ1) is 15.6. The van der Waals surface area contributed by atoms with Gasteiger partial charge in [0, 0.05) is 22.8 Å². The van der Waals surface area contributed by atoms with E-state index in [0.717, 1.165) is 24.1 Å². The third kappa shape index (κ3) is 4.64. The van der Waals surface area contributed by atoms with Crippen LogP contribution < -0.4 is 20.7 Å². The second-order valence-electron chi connectivity index (χ2n) is 9.36. The van der Waals surface area contributed by atoms with Gasteiger partial charge in [0.25, 0.3) is 11.8 Å². The average Bonchev–Trinajstić information content (AvgIpc) is 2.98. The Balaban J connectivity index is 1.64. The number of carbonyl (C=O) groups is 2. The summed E-state index contributed by atoms with van der Waals surface area (Å²) in [5, 5.41) is 3.70. The number of benzene rings is 2. The summed E-state index contributed by atoms with van der Waals surface area (Å²) in [7, 11) is 0. The summed E-state index contributed by atoms with van der Waals surface area (Å²) in [6.07, 6.45) is 5.92. The smallest absolute Gasteiger partial charge is 0.268 e. The molecule has 4 rings (SSSR count). The Hall–Kier alpha value is -2.44. The van der Waals surface area contributed by atoms with Crippen molar-refractivity contribution in [1.29, 1.82) is 0 Å². The number of amides is 2. The lowest BCUT2D eigenvalue weighted by molar-refractivity contribution is -0.128. The molecule has 2 heterocycles. The van der Waals surface area contributed by atoms with E-state index in [4.69, 9.17) is 33.7 Å². The predicted octanol–water partition coefficient (Wildman–Crippen LogP) is 5.72. The third-order valence-electron chi connectivity index (χ3n) is 6.72. The van der Waals surface area contributed by atoms with Crippen LogP contribution in [0.25, 0.3) is 0 Å². The molecular formula is C25H29Cl2N3O3. The summed E-state index contributed by atoms with van der Waals surface area (Å²) >= 11 is 12.2. The summed E-state index contributed by atoms with van der Waals surface area (Å²) in [5.41, 5.74) is 6.95. The first kappa shape index (κ1) is 23.7. The number of nitrogens with two attached hydrogens (primary N) is 1. The van der Waals surface area contributed by atoms with Gasteiger partial charge in [0.1, 0.15) is 5.75 Å². The fraction of sp³-hybridized carbons (Fsp3) is 0.440. The van der Waals surface area contributed by atoms with Gasteiger partial charge in [-0.3, -0.25) is 9.59 Å². The normalized spacial score (nSPS) is 20.0. The fourth-order valence-electron chi connectivity index (χ4n) is 5.00. The van der Waals surface area contributed by atoms with Crippen LogP contribution in [-0.4, -0.2) is 29.5 Å². The molecule has 0 aromatic heterocycles. The zero-order chi connectivity index (χ0) is 23.9. The second-order valence-corrected chi connectivity index (χ2v) is 10.2. The number of carbonyl (C=O) groups excluding carboxylic acids is 2. The maximum atomic E-state index is 13.3. The van der Waals surface area contributed by atoms with Gasteiger partial charge in [-0.25, -0.2) is 0 Å². The number of hydrogen-bond donors (Lipinski definition) is 2. The van der Waals surface area contributed by atoms with Crippen molar-refractivity contribution in [1.82, 2.24) is 0 Å². The van der Waals surface area contributed by atoms with Crippen LogP contribution >= 0.6 is 23.2 Å². The highest BCUT2D eigenvalue weighted by Crippen LogP contribution is 2.42. The number of halogens is 2. The number of piperidine rings is 1. The number of hydrogen-bond acceptors (Lipinski definition) is 4. The number of nitrogens with one attached hydrogen (secondary N) is 1. The third-order valence-corrected chi connectivity index (χ3v) is 7.25. The molecular weight excluding hydrogens is 461 g/mol. The number of nitrogens with zero attached hydrogens (tertiary/aromatic N) is 1. The molecule has 2 amide bonds. The van der Waals surface area contributed by atoms with E-state index < -0.39 is 17.4 Å². The second kappa shape index (κ2) is 9.07. The Morgan fingerprint density at radius 2 is 1.76 bits per heavy atom. The van der Waals surface area contributed by atoms with E-state index in [1.165, 1.54) is 19.3 Å². The standard InChI is InChI=1S/C25H29Cl2N3O3/c1-14-20(30-16-5-4-6-17(30)9-8-16)11-10-18(23(28)31)22(14)29-24(32)25(2,3)33-21-12-7-15(26)13-19(21)27/h7,10-13,16-17H,4-6,8-9H2,1-3H3,(H2,28,31)(H,29,32). The Bertz CT molecular complexity index is 1090. The van der Waals surface area contributed by atoms with E-state index in [2.05, 4.69) is 10.2 Å². The molecule has 2 aliphatic rings. The van der Waals surface area contributed by atoms with Crippen LogP contribution in [0, 0.1) is 6.92 Å². The molecule has 0 aliphatic carbocycles. The summed E-state index contributed by atoms with van der Waals surface area (Å²) in [6.45, 7) is 5.21. The Labute approximate surface area is 204 Å². The van der Waals surface area contributed by atoms with Crippen molar-refractivity contribution in [2.24, 2.45) is 5.73 Å². The van der Waals surface area contributed by atoms with Crippen LogP contribution in [0.5, 0.6) is 5.75 Å². The molecule has 176 valence electrons. The fourth-order valence-corrected chi connectivity index (χ4v) is 5.45. The van der Waals surface area contributed by atoms with E-state index in [9.17, 15) is 9.59 Å². The van der Waals surface area contributed by atoms with Crippen molar-refractivity contribution in [3.63, 3.8) is 0 Å². The molecule has 2 saturated heterocycles. The van der Waals surface area contributed by atoms with E-state index in [-0.39, 0.29) is 5.56 Å². The highest BCUT2D eigenvalue weighted by Gasteiger charge is 2.38. The van der Waals surface area contributed by atoms with Crippen molar-refractivity contribution in [3.8, 4) is 5.75 Å². The van der Waals surface area contributed by atoms with Crippen LogP contribution in [0.3, 0.4) is 0 Å². The number of anilines is 2. The molecule has 2 aromatic rings. The Kier molecular flexibility index (Phi) is 6.52. The van der Waals surface area contributed by atoms with Gasteiger partial charge < -0.3 is 20.7 Å². The maximum Gasteiger partial charge on any atom is 0.268 e. The van der Waals surface area contributed by atoms with Gasteiger partial charge in [-0.15, -0.1) is 0 Å². The molecule has 2 aliphatic heterocycles. The average molecular weight is 490 g/mol. The van der Waals surface area contributed by atoms with E-state index in [0.29, 0.717) is 33.6 Å². The molecule has 33 heavy (non-hydrogen) atoms. The minimum atomic E-state index is -1.28. The molecule has 6 nitrogen and oxygen atoms in total. The highest BCUT2D eigenvalue weighted by atomic mass is 35.5. The topological polar surface area (TPSA) is 84.7 Å². The van der Waals surface area contributed by atoms with Crippen LogP contribution in [-0.2, 0) is 4.79 Å². The van der Waals surface area contributed by atoms with Gasteiger partial charge in [0.15, 0.2) is 5.60 Å². The summed E-state index contributed by atoms with van der Waals surface area (Å²) in [6, 6.07) is 9.47. The van der Waals surface area contributed by atoms with Crippen molar-refractivity contribution < 1.29 is 14.3 Å². The lowest BCUT2D eigenvalue weighted by Crippen LogP contribution is -2.43. The number of primary amides is 1. The maximum absolute atomic E-state index is 13.3. The van der Waals surface area contributed by atoms with Crippen LogP contribution in [0.2, 0.25) is 10.0 Å². The summed E-state index contributed by atoms with van der Waals surface area (Å²) in [5.74, 6) is -0.675. The number of ether oxygens (including phenoxy) is 1. The lowest BCUT2D eigenvalue weighted by atomic mass is 9.97. The molecule has 2 bridgehead atoms. The van der Waals surface area contributed by atoms with Crippen LogP contribution in [0.1, 0.15) is 61.9 Å². The van der Waals surface area contributed by atoms with Gasteiger partial charge in [0.05, 0.1) is 16.3 Å². The van der Waals surface area contributed by atoms with Crippen LogP contribution in [0.4, 0.5) is 11.4 Å². The Morgan fingerprint density at radius 3 is 2.36 bits per heavy atom. The van der Waals surface area contributed by atoms with Gasteiger partial charge >= 0.3 is 0 Å². The lowest BCUT2D eigenvalue weighted by Gasteiger charge is -2.38. The molecule has 2 fully saturated rings. The minimum Gasteiger partial charge on any atom is -0.476 e. The number of fused-ring (bicyclic) bond motifs is 2. The van der Waals surface area contributed by atoms with Crippen LogP contribution in [0.15, 0.2) is 30.3 Å². The van der Waals surface area contributed by atoms with Gasteiger partial charge in [0.2, 0.25) is 0 Å². The van der Waals surface area contributed by atoms with Crippen molar-refractivity contribution in [2.45, 2.75) is 70.6 Å². The first-order valence-corrected chi connectivity index (χ1v) is 12.0. The zero-order valence-corrected chi connectivity index (χ0v) is 20.6. The SMILES string of the molecule is Cc1c(N2C3CCCC2CC3)ccc(C(N)=O)c1NC(=O)C(C)(C)Oc1ccc(Cl)cc1Cl. The van der Waals surface area contributed by atoms with E-state index in [1.54, 1.807) is 38.1 Å². The van der Waals surface area contributed by atoms with Gasteiger partial charge in [-0.1, -0.05) is 23.2 Å². The first-order valence-electron chi connectivity index (χ1n) is 11.3. The van der Waals surface area contributed by atoms with E-state index in [1.807, 2.05) is 13.0 Å². The molecule has 3 N–H and O–H groups in total. The quantitative estimate of drug-likeness (QED) is 0.543. The van der Waals surface area contributed by atoms with Crippen molar-refractivity contribution >= 4 is 46.4 Å². The summed E-state index contributed by atoms with van der Waals surface area (Å²) < 4.78 is 5.92. The molecule has 2 atom stereocenters. The summed E-state index contributed by atoms with van der Waals surface area (Å²) in [4.78, 5) is 28.0. The highest BCUT2D eigenvalue weighted by molar-refractivity contribution is 6.35. The van der Waals surface area contributed by atoms with Crippen molar-refractivity contribution in [3.05, 3.63) is 51.5 Å². The van der Waals surface area contributed by atoms with Crippen molar-refractivity contribution in [2.75, 3.05) is 10.2 Å². The molecule has 2 aromatic carbocycles. The van der Waals surface area contributed by atoms with Gasteiger partial charge in [-0.2, -0.15) is 0 Å². The molecule has 0 radical (unpaired) electrons. The molecule has 8 heteroatoms. The monoisotopic (exact) mass is 489 g/mol.